The molecule has 2 atom stereocenters. The number of hydrogen-bond acceptors (Lipinski definition) is 3. The summed E-state index contributed by atoms with van der Waals surface area (Å²) in [7, 11) is 1.98. The Morgan fingerprint density at radius 1 is 1.13 bits per heavy atom. The van der Waals surface area contributed by atoms with Crippen molar-refractivity contribution in [1.29, 1.82) is 0 Å². The molecule has 15 heavy (non-hydrogen) atoms. The molecule has 1 N–H and O–H groups in total. The molecule has 0 aromatic rings. The summed E-state index contributed by atoms with van der Waals surface area (Å²) in [6.45, 7) is 10.8. The lowest BCUT2D eigenvalue weighted by Gasteiger charge is -2.22. The van der Waals surface area contributed by atoms with Gasteiger partial charge in [0.1, 0.15) is 0 Å². The van der Waals surface area contributed by atoms with Gasteiger partial charge in [0.15, 0.2) is 0 Å². The Morgan fingerprint density at radius 3 is 2.27 bits per heavy atom. The van der Waals surface area contributed by atoms with Gasteiger partial charge in [0, 0.05) is 12.6 Å². The zero-order chi connectivity index (χ0) is 11.7. The minimum atomic E-state index is 0.252. The highest BCUT2D eigenvalue weighted by Crippen LogP contribution is 2.02. The molecule has 0 aliphatic rings. The van der Waals surface area contributed by atoms with Gasteiger partial charge in [-0.1, -0.05) is 20.8 Å². The Balaban J connectivity index is 3.41. The van der Waals surface area contributed by atoms with Crippen LogP contribution in [0, 0.1) is 5.92 Å². The molecule has 0 aliphatic heterocycles. The first-order chi connectivity index (χ1) is 7.11. The standard InChI is InChI=1S/C12H27NO2/c1-6-12(13-5)11(4)15-8-7-14-9-10(2)3/h10-13H,6-9H2,1-5H3. The maximum atomic E-state index is 5.68. The highest BCUT2D eigenvalue weighted by Gasteiger charge is 2.12. The summed E-state index contributed by atoms with van der Waals surface area (Å²) in [5.41, 5.74) is 0. The molecule has 0 bridgehead atoms. The molecule has 0 aliphatic carbocycles. The first kappa shape index (κ1) is 14.9. The molecule has 0 radical (unpaired) electrons. The van der Waals surface area contributed by atoms with Crippen LogP contribution < -0.4 is 5.32 Å². The minimum Gasteiger partial charge on any atom is -0.379 e. The van der Waals surface area contributed by atoms with Crippen LogP contribution in [0.15, 0.2) is 0 Å². The van der Waals surface area contributed by atoms with E-state index in [-0.39, 0.29) is 6.10 Å². The maximum absolute atomic E-state index is 5.68. The van der Waals surface area contributed by atoms with Gasteiger partial charge in [0.05, 0.1) is 19.3 Å². The molecule has 0 heterocycles. The summed E-state index contributed by atoms with van der Waals surface area (Å²) in [6, 6.07) is 0.440. The highest BCUT2D eigenvalue weighted by atomic mass is 16.5. The third-order valence-electron chi connectivity index (χ3n) is 2.44. The van der Waals surface area contributed by atoms with Crippen molar-refractivity contribution in [3.63, 3.8) is 0 Å². The predicted molar refractivity (Wildman–Crippen MR) is 64.2 cm³/mol. The Morgan fingerprint density at radius 2 is 1.80 bits per heavy atom. The van der Waals surface area contributed by atoms with Crippen molar-refractivity contribution in [2.45, 2.75) is 46.3 Å². The largest absolute Gasteiger partial charge is 0.379 e. The number of likely N-dealkylation sites (N-methyl/N-ethyl adjacent to an activating group) is 1. The van der Waals surface area contributed by atoms with Crippen molar-refractivity contribution in [3.8, 4) is 0 Å². The van der Waals surface area contributed by atoms with E-state index in [0.717, 1.165) is 13.0 Å². The van der Waals surface area contributed by atoms with E-state index in [0.29, 0.717) is 25.2 Å². The van der Waals surface area contributed by atoms with Crippen molar-refractivity contribution in [2.75, 3.05) is 26.9 Å². The summed E-state index contributed by atoms with van der Waals surface area (Å²) in [4.78, 5) is 0. The van der Waals surface area contributed by atoms with Gasteiger partial charge >= 0.3 is 0 Å². The number of nitrogens with one attached hydrogen (secondary N) is 1. The molecule has 2 unspecified atom stereocenters. The lowest BCUT2D eigenvalue weighted by atomic mass is 10.1. The first-order valence-corrected chi connectivity index (χ1v) is 5.98. The van der Waals surface area contributed by atoms with Crippen LogP contribution in [0.3, 0.4) is 0 Å². The summed E-state index contributed by atoms with van der Waals surface area (Å²) < 4.78 is 11.1. The molecule has 0 aromatic heterocycles. The van der Waals surface area contributed by atoms with Gasteiger partial charge in [-0.15, -0.1) is 0 Å². The van der Waals surface area contributed by atoms with E-state index in [9.17, 15) is 0 Å². The Bertz CT molecular complexity index is 136. The van der Waals surface area contributed by atoms with Crippen LogP contribution in [0.1, 0.15) is 34.1 Å². The van der Waals surface area contributed by atoms with Gasteiger partial charge < -0.3 is 14.8 Å². The zero-order valence-electron chi connectivity index (χ0n) is 10.9. The van der Waals surface area contributed by atoms with Crippen LogP contribution in [0.2, 0.25) is 0 Å². The van der Waals surface area contributed by atoms with Crippen LogP contribution in [0.4, 0.5) is 0 Å². The average Bonchev–Trinajstić information content (AvgIpc) is 2.18. The molecule has 0 spiro atoms. The van der Waals surface area contributed by atoms with Crippen molar-refractivity contribution in [2.24, 2.45) is 5.92 Å². The smallest absolute Gasteiger partial charge is 0.0704 e. The van der Waals surface area contributed by atoms with Gasteiger partial charge in [-0.25, -0.2) is 0 Å². The fourth-order valence-electron chi connectivity index (χ4n) is 1.50. The van der Waals surface area contributed by atoms with Gasteiger partial charge in [0.25, 0.3) is 0 Å². The quantitative estimate of drug-likeness (QED) is 0.600. The number of ether oxygens (including phenoxy) is 2. The van der Waals surface area contributed by atoms with E-state index in [2.05, 4.69) is 33.0 Å². The van der Waals surface area contributed by atoms with Crippen LogP contribution >= 0.6 is 0 Å². The second-order valence-electron chi connectivity index (χ2n) is 4.35. The topological polar surface area (TPSA) is 30.5 Å². The number of rotatable bonds is 9. The van der Waals surface area contributed by atoms with Crippen molar-refractivity contribution < 1.29 is 9.47 Å². The summed E-state index contributed by atoms with van der Waals surface area (Å²) >= 11 is 0. The van der Waals surface area contributed by atoms with E-state index >= 15 is 0 Å². The molecule has 0 fully saturated rings. The van der Waals surface area contributed by atoms with E-state index in [4.69, 9.17) is 9.47 Å². The van der Waals surface area contributed by atoms with Crippen LogP contribution in [-0.2, 0) is 9.47 Å². The molecule has 0 saturated carbocycles. The first-order valence-electron chi connectivity index (χ1n) is 5.98. The van der Waals surface area contributed by atoms with Crippen molar-refractivity contribution in [3.05, 3.63) is 0 Å². The molecule has 0 saturated heterocycles. The van der Waals surface area contributed by atoms with E-state index in [1.807, 2.05) is 7.05 Å². The van der Waals surface area contributed by atoms with Gasteiger partial charge in [0.2, 0.25) is 0 Å². The fraction of sp³-hybridized carbons (Fsp3) is 1.00. The SMILES string of the molecule is CCC(NC)C(C)OCCOCC(C)C. The average molecular weight is 217 g/mol. The van der Waals surface area contributed by atoms with Gasteiger partial charge in [-0.3, -0.25) is 0 Å². The lowest BCUT2D eigenvalue weighted by Crippen LogP contribution is -2.37. The van der Waals surface area contributed by atoms with E-state index < -0.39 is 0 Å². The molecular weight excluding hydrogens is 190 g/mol. The summed E-state index contributed by atoms with van der Waals surface area (Å²) in [6.07, 6.45) is 1.34. The highest BCUT2D eigenvalue weighted by molar-refractivity contribution is 4.69. The Hall–Kier alpha value is -0.120. The Labute approximate surface area is 94.5 Å². The van der Waals surface area contributed by atoms with Gasteiger partial charge in [-0.2, -0.15) is 0 Å². The third-order valence-corrected chi connectivity index (χ3v) is 2.44. The normalized spacial score (nSPS) is 15.6. The van der Waals surface area contributed by atoms with Crippen LogP contribution in [0.5, 0.6) is 0 Å². The summed E-state index contributed by atoms with van der Waals surface area (Å²) in [5.74, 6) is 0.600. The molecule has 0 amide bonds. The van der Waals surface area contributed by atoms with Crippen molar-refractivity contribution >= 4 is 0 Å². The van der Waals surface area contributed by atoms with E-state index in [1.54, 1.807) is 0 Å². The molecule has 3 nitrogen and oxygen atoms in total. The second kappa shape index (κ2) is 9.13. The van der Waals surface area contributed by atoms with Crippen molar-refractivity contribution in [1.82, 2.24) is 5.32 Å². The lowest BCUT2D eigenvalue weighted by molar-refractivity contribution is -0.00733. The number of hydrogen-bond donors (Lipinski definition) is 1. The van der Waals surface area contributed by atoms with Gasteiger partial charge in [-0.05, 0) is 26.3 Å². The van der Waals surface area contributed by atoms with E-state index in [1.165, 1.54) is 0 Å². The Kier molecular flexibility index (Phi) is 9.06. The third kappa shape index (κ3) is 7.77. The molecule has 0 rings (SSSR count). The minimum absolute atomic E-state index is 0.252. The second-order valence-corrected chi connectivity index (χ2v) is 4.35. The maximum Gasteiger partial charge on any atom is 0.0704 e. The van der Waals surface area contributed by atoms with Crippen LogP contribution in [0.25, 0.3) is 0 Å². The monoisotopic (exact) mass is 217 g/mol. The summed E-state index contributed by atoms with van der Waals surface area (Å²) in [5, 5.41) is 3.24. The van der Waals surface area contributed by atoms with Crippen LogP contribution in [-0.4, -0.2) is 39.0 Å². The molecular formula is C12H27NO2. The molecule has 92 valence electrons. The molecule has 3 heteroatoms. The fourth-order valence-corrected chi connectivity index (χ4v) is 1.50. The zero-order valence-corrected chi connectivity index (χ0v) is 10.9. The molecule has 0 aromatic carbocycles. The predicted octanol–water partition coefficient (Wildman–Crippen LogP) is 2.06.